The van der Waals surface area contributed by atoms with Crippen LogP contribution >= 0.6 is 12.2 Å². The molecule has 0 saturated heterocycles. The van der Waals surface area contributed by atoms with E-state index in [0.717, 1.165) is 23.1 Å². The van der Waals surface area contributed by atoms with E-state index in [1.165, 1.54) is 0 Å². The zero-order chi connectivity index (χ0) is 20.8. The first-order valence-electron chi connectivity index (χ1n) is 9.58. The lowest BCUT2D eigenvalue weighted by Crippen LogP contribution is -2.34. The molecule has 5 heteroatoms. The van der Waals surface area contributed by atoms with Gasteiger partial charge < -0.3 is 10.4 Å². The van der Waals surface area contributed by atoms with Crippen LogP contribution in [-0.2, 0) is 0 Å². The van der Waals surface area contributed by atoms with Gasteiger partial charge in [0, 0.05) is 5.56 Å². The molecule has 1 atom stereocenters. The molecule has 0 unspecified atom stereocenters. The molecular formula is C24H24N2O2S. The summed E-state index contributed by atoms with van der Waals surface area (Å²) in [5.74, 6) is 0.142. The predicted octanol–water partition coefficient (Wildman–Crippen LogP) is 5.70. The van der Waals surface area contributed by atoms with Crippen molar-refractivity contribution >= 4 is 28.9 Å². The average Bonchev–Trinajstić information content (AvgIpc) is 2.75. The first-order valence-corrected chi connectivity index (χ1v) is 9.99. The molecule has 0 aliphatic rings. The van der Waals surface area contributed by atoms with Crippen molar-refractivity contribution in [2.45, 2.75) is 26.2 Å². The van der Waals surface area contributed by atoms with Crippen molar-refractivity contribution in [1.29, 1.82) is 0 Å². The van der Waals surface area contributed by atoms with E-state index in [1.54, 1.807) is 18.2 Å². The Bertz CT molecular complexity index is 1000. The van der Waals surface area contributed by atoms with Crippen LogP contribution in [-0.4, -0.2) is 16.1 Å². The van der Waals surface area contributed by atoms with Crippen LogP contribution in [0.25, 0.3) is 11.1 Å². The highest BCUT2D eigenvalue weighted by Gasteiger charge is 2.12. The minimum absolute atomic E-state index is 0.0841. The van der Waals surface area contributed by atoms with Crippen LogP contribution < -0.4 is 10.6 Å². The number of hydrogen-bond donors (Lipinski definition) is 3. The van der Waals surface area contributed by atoms with Gasteiger partial charge in [0.25, 0.3) is 5.91 Å². The van der Waals surface area contributed by atoms with Crippen molar-refractivity contribution < 1.29 is 9.90 Å². The molecule has 3 aromatic rings. The second-order valence-corrected chi connectivity index (χ2v) is 7.35. The molecule has 0 spiro atoms. The molecule has 0 saturated carbocycles. The number of aromatic hydroxyl groups is 1. The van der Waals surface area contributed by atoms with Gasteiger partial charge in [-0.25, -0.2) is 0 Å². The molecule has 148 valence electrons. The van der Waals surface area contributed by atoms with Gasteiger partial charge in [0.1, 0.15) is 5.75 Å². The fraction of sp³-hybridized carbons (Fsp3) is 0.167. The molecule has 3 aromatic carbocycles. The largest absolute Gasteiger partial charge is 0.506 e. The Kier molecular flexibility index (Phi) is 6.62. The van der Waals surface area contributed by atoms with Crippen LogP contribution in [0, 0.1) is 0 Å². The van der Waals surface area contributed by atoms with Gasteiger partial charge in [-0.2, -0.15) is 0 Å². The number of nitrogens with one attached hydrogen (secondary N) is 2. The lowest BCUT2D eigenvalue weighted by Gasteiger charge is -2.15. The van der Waals surface area contributed by atoms with Gasteiger partial charge in [0.15, 0.2) is 5.11 Å². The molecule has 3 N–H and O–H groups in total. The predicted molar refractivity (Wildman–Crippen MR) is 122 cm³/mol. The van der Waals surface area contributed by atoms with Crippen molar-refractivity contribution in [2.75, 3.05) is 5.32 Å². The summed E-state index contributed by atoms with van der Waals surface area (Å²) in [4.78, 5) is 12.5. The van der Waals surface area contributed by atoms with Gasteiger partial charge in [0.05, 0.1) is 5.69 Å². The maximum atomic E-state index is 12.5. The number of benzene rings is 3. The zero-order valence-electron chi connectivity index (χ0n) is 16.5. The van der Waals surface area contributed by atoms with E-state index in [9.17, 15) is 9.90 Å². The number of anilines is 1. The van der Waals surface area contributed by atoms with Crippen molar-refractivity contribution in [3.63, 3.8) is 0 Å². The molecule has 0 heterocycles. The molecule has 0 aliphatic carbocycles. The standard InChI is InChI=1S/C24H24N2O2S/c1-3-16(2)20-13-14-22(27)21(15-20)25-24(29)26-23(28)19-11-9-18(10-12-19)17-7-5-4-6-8-17/h4-16,27H,3H2,1-2H3,(H2,25,26,28,29)/t16-/m1/s1. The quantitative estimate of drug-likeness (QED) is 0.377. The molecule has 1 amide bonds. The highest BCUT2D eigenvalue weighted by molar-refractivity contribution is 7.80. The van der Waals surface area contributed by atoms with E-state index in [2.05, 4.69) is 24.5 Å². The van der Waals surface area contributed by atoms with Crippen LogP contribution in [0.1, 0.15) is 42.1 Å². The Morgan fingerprint density at radius 2 is 1.66 bits per heavy atom. The second-order valence-electron chi connectivity index (χ2n) is 6.94. The maximum Gasteiger partial charge on any atom is 0.257 e. The topological polar surface area (TPSA) is 61.4 Å². The number of hydrogen-bond acceptors (Lipinski definition) is 3. The summed E-state index contributed by atoms with van der Waals surface area (Å²) in [6, 6.07) is 22.7. The van der Waals surface area contributed by atoms with Crippen LogP contribution in [0.5, 0.6) is 5.75 Å². The number of thiocarbonyl (C=S) groups is 1. The third kappa shape index (κ3) is 5.21. The smallest absolute Gasteiger partial charge is 0.257 e. The Balaban J connectivity index is 1.66. The Morgan fingerprint density at radius 1 is 1.00 bits per heavy atom. The number of rotatable bonds is 5. The number of phenolic OH excluding ortho intramolecular Hbond substituents is 1. The minimum atomic E-state index is -0.306. The van der Waals surface area contributed by atoms with Crippen LogP contribution in [0.3, 0.4) is 0 Å². The van der Waals surface area contributed by atoms with Crippen molar-refractivity contribution in [2.24, 2.45) is 0 Å². The van der Waals surface area contributed by atoms with Crippen LogP contribution in [0.2, 0.25) is 0 Å². The fourth-order valence-corrected chi connectivity index (χ4v) is 3.17. The summed E-state index contributed by atoms with van der Waals surface area (Å²) in [7, 11) is 0. The van der Waals surface area contributed by atoms with Gasteiger partial charge in [0.2, 0.25) is 0 Å². The summed E-state index contributed by atoms with van der Waals surface area (Å²) >= 11 is 5.26. The van der Waals surface area contributed by atoms with Gasteiger partial charge in [-0.3, -0.25) is 10.1 Å². The van der Waals surface area contributed by atoms with Crippen molar-refractivity contribution in [3.05, 3.63) is 83.9 Å². The van der Waals surface area contributed by atoms with E-state index in [1.807, 2.05) is 54.6 Å². The van der Waals surface area contributed by atoms with Crippen molar-refractivity contribution in [3.8, 4) is 16.9 Å². The molecule has 0 aliphatic heterocycles. The van der Waals surface area contributed by atoms with Gasteiger partial charge in [-0.15, -0.1) is 0 Å². The minimum Gasteiger partial charge on any atom is -0.506 e. The highest BCUT2D eigenvalue weighted by Crippen LogP contribution is 2.29. The van der Waals surface area contributed by atoms with E-state index in [4.69, 9.17) is 12.2 Å². The first-order chi connectivity index (χ1) is 14.0. The van der Waals surface area contributed by atoms with Crippen molar-refractivity contribution in [1.82, 2.24) is 5.32 Å². The van der Waals surface area contributed by atoms with E-state index in [-0.39, 0.29) is 16.8 Å². The molecule has 0 bridgehead atoms. The third-order valence-electron chi connectivity index (χ3n) is 4.93. The molecule has 0 aromatic heterocycles. The number of carbonyl (C=O) groups excluding carboxylic acids is 1. The number of carbonyl (C=O) groups is 1. The summed E-state index contributed by atoms with van der Waals surface area (Å²) in [6.45, 7) is 4.23. The lowest BCUT2D eigenvalue weighted by atomic mass is 9.98. The fourth-order valence-electron chi connectivity index (χ4n) is 2.97. The molecule has 0 radical (unpaired) electrons. The Hall–Kier alpha value is -3.18. The number of phenols is 1. The second kappa shape index (κ2) is 9.34. The molecule has 0 fully saturated rings. The Morgan fingerprint density at radius 3 is 2.31 bits per heavy atom. The maximum absolute atomic E-state index is 12.5. The average molecular weight is 405 g/mol. The van der Waals surface area contributed by atoms with Crippen LogP contribution in [0.4, 0.5) is 5.69 Å². The zero-order valence-corrected chi connectivity index (χ0v) is 17.3. The highest BCUT2D eigenvalue weighted by atomic mass is 32.1. The molecule has 4 nitrogen and oxygen atoms in total. The summed E-state index contributed by atoms with van der Waals surface area (Å²) in [5, 5.41) is 15.8. The summed E-state index contributed by atoms with van der Waals surface area (Å²) in [6.07, 6.45) is 0.990. The normalized spacial score (nSPS) is 11.5. The molecular weight excluding hydrogens is 380 g/mol. The van der Waals surface area contributed by atoms with Gasteiger partial charge in [-0.05, 0) is 65.5 Å². The van der Waals surface area contributed by atoms with E-state index >= 15 is 0 Å². The van der Waals surface area contributed by atoms with E-state index < -0.39 is 0 Å². The van der Waals surface area contributed by atoms with Crippen LogP contribution in [0.15, 0.2) is 72.8 Å². The molecule has 29 heavy (non-hydrogen) atoms. The monoisotopic (exact) mass is 404 g/mol. The summed E-state index contributed by atoms with van der Waals surface area (Å²) < 4.78 is 0. The lowest BCUT2D eigenvalue weighted by molar-refractivity contribution is 0.0977. The Labute approximate surface area is 176 Å². The third-order valence-corrected chi connectivity index (χ3v) is 5.14. The van der Waals surface area contributed by atoms with Gasteiger partial charge >= 0.3 is 0 Å². The summed E-state index contributed by atoms with van der Waals surface area (Å²) in [5.41, 5.74) is 4.21. The van der Waals surface area contributed by atoms with Gasteiger partial charge in [-0.1, -0.05) is 62.4 Å². The first kappa shape index (κ1) is 20.6. The molecule has 3 rings (SSSR count). The van der Waals surface area contributed by atoms with E-state index in [0.29, 0.717) is 17.2 Å². The number of amides is 1. The SMILES string of the molecule is CC[C@@H](C)c1ccc(O)c(NC(=S)NC(=O)c2ccc(-c3ccccc3)cc2)c1.